The van der Waals surface area contributed by atoms with Gasteiger partial charge in [0.2, 0.25) is 5.89 Å². The van der Waals surface area contributed by atoms with Crippen LogP contribution in [0.3, 0.4) is 0 Å². The first-order valence-electron chi connectivity index (χ1n) is 9.29. The maximum Gasteiger partial charge on any atom is 0.216 e. The normalized spacial score (nSPS) is 16.2. The highest BCUT2D eigenvalue weighted by atomic mass is 16.5. The van der Waals surface area contributed by atoms with Crippen molar-refractivity contribution in [2.45, 2.75) is 46.6 Å². The molecule has 0 amide bonds. The zero-order valence-corrected chi connectivity index (χ0v) is 15.8. The molecule has 1 aliphatic heterocycles. The molecule has 0 unspecified atom stereocenters. The summed E-state index contributed by atoms with van der Waals surface area (Å²) < 4.78 is 16.7. The minimum absolute atomic E-state index is 0.435. The number of nitrogens with zero attached hydrogens (tertiary/aromatic N) is 2. The Kier molecular flexibility index (Phi) is 8.76. The average Bonchev–Trinajstić information content (AvgIpc) is 2.94. The van der Waals surface area contributed by atoms with Gasteiger partial charge in [-0.15, -0.1) is 0 Å². The Morgan fingerprint density at radius 2 is 2.08 bits per heavy atom. The van der Waals surface area contributed by atoms with Gasteiger partial charge in [0.25, 0.3) is 0 Å². The van der Waals surface area contributed by atoms with Crippen LogP contribution in [-0.4, -0.2) is 50.5 Å². The number of hydrogen-bond acceptors (Lipinski definition) is 5. The van der Waals surface area contributed by atoms with Gasteiger partial charge in [0, 0.05) is 39.5 Å². The predicted molar refractivity (Wildman–Crippen MR) is 97.8 cm³/mol. The second kappa shape index (κ2) is 11.1. The Hall–Kier alpha value is -1.60. The van der Waals surface area contributed by atoms with E-state index in [9.17, 15) is 0 Å². The third-order valence-corrected chi connectivity index (χ3v) is 4.24. The van der Waals surface area contributed by atoms with Crippen LogP contribution in [0.5, 0.6) is 0 Å². The van der Waals surface area contributed by atoms with Crippen molar-refractivity contribution >= 4 is 5.96 Å². The van der Waals surface area contributed by atoms with Crippen molar-refractivity contribution < 1.29 is 13.9 Å². The summed E-state index contributed by atoms with van der Waals surface area (Å²) in [5.41, 5.74) is 0.921. The lowest BCUT2D eigenvalue weighted by atomic mass is 10.0. The van der Waals surface area contributed by atoms with Crippen LogP contribution >= 0.6 is 0 Å². The summed E-state index contributed by atoms with van der Waals surface area (Å²) in [7, 11) is 0. The van der Waals surface area contributed by atoms with Crippen molar-refractivity contribution in [1.29, 1.82) is 0 Å². The molecule has 1 aliphatic rings. The molecule has 2 rings (SSSR count). The van der Waals surface area contributed by atoms with Crippen LogP contribution in [0.25, 0.3) is 0 Å². The molecular weight excluding hydrogens is 320 g/mol. The smallest absolute Gasteiger partial charge is 0.216 e. The maximum absolute atomic E-state index is 5.78. The summed E-state index contributed by atoms with van der Waals surface area (Å²) in [5, 5.41) is 6.55. The van der Waals surface area contributed by atoms with E-state index in [-0.39, 0.29) is 0 Å². The van der Waals surface area contributed by atoms with E-state index in [0.29, 0.717) is 18.4 Å². The molecule has 142 valence electrons. The Morgan fingerprint density at radius 3 is 2.76 bits per heavy atom. The van der Waals surface area contributed by atoms with Crippen molar-refractivity contribution in [3.63, 3.8) is 0 Å². The molecule has 0 radical (unpaired) electrons. The SMILES string of the molecule is CCNC(=NCc1nc(C)c(C)o1)NCCCOCC1CCOCC1. The molecule has 1 aromatic heterocycles. The zero-order chi connectivity index (χ0) is 17.9. The molecule has 0 spiro atoms. The lowest BCUT2D eigenvalue weighted by molar-refractivity contribution is 0.0203. The van der Waals surface area contributed by atoms with Crippen LogP contribution in [0, 0.1) is 19.8 Å². The molecule has 0 aromatic carbocycles. The van der Waals surface area contributed by atoms with E-state index in [4.69, 9.17) is 13.9 Å². The molecule has 1 fully saturated rings. The van der Waals surface area contributed by atoms with Gasteiger partial charge < -0.3 is 24.5 Å². The first-order chi connectivity index (χ1) is 12.2. The molecule has 1 aromatic rings. The minimum atomic E-state index is 0.435. The van der Waals surface area contributed by atoms with Crippen LogP contribution < -0.4 is 10.6 Å². The van der Waals surface area contributed by atoms with Gasteiger partial charge in [-0.25, -0.2) is 9.98 Å². The third-order valence-electron chi connectivity index (χ3n) is 4.24. The van der Waals surface area contributed by atoms with Gasteiger partial charge in [-0.2, -0.15) is 0 Å². The number of ether oxygens (including phenoxy) is 2. The Morgan fingerprint density at radius 1 is 1.28 bits per heavy atom. The molecule has 0 saturated carbocycles. The number of rotatable bonds is 9. The van der Waals surface area contributed by atoms with E-state index >= 15 is 0 Å². The van der Waals surface area contributed by atoms with E-state index in [0.717, 1.165) is 76.2 Å². The summed E-state index contributed by atoms with van der Waals surface area (Å²) in [5.74, 6) is 2.94. The molecule has 1 saturated heterocycles. The predicted octanol–water partition coefficient (Wildman–Crippen LogP) is 2.18. The highest BCUT2D eigenvalue weighted by Crippen LogP contribution is 2.14. The van der Waals surface area contributed by atoms with Crippen LogP contribution in [-0.2, 0) is 16.0 Å². The standard InChI is InChI=1S/C18H32N4O3/c1-4-19-18(21-12-17-22-14(2)15(3)25-17)20-8-5-9-24-13-16-6-10-23-11-7-16/h16H,4-13H2,1-3H3,(H2,19,20,21). The van der Waals surface area contributed by atoms with Gasteiger partial charge in [-0.3, -0.25) is 0 Å². The Balaban J connectivity index is 1.62. The van der Waals surface area contributed by atoms with Crippen molar-refractivity contribution in [1.82, 2.24) is 15.6 Å². The average molecular weight is 352 g/mol. The Labute approximate surface area is 150 Å². The second-order valence-corrected chi connectivity index (χ2v) is 6.36. The number of hydrogen-bond donors (Lipinski definition) is 2. The molecule has 2 heterocycles. The van der Waals surface area contributed by atoms with E-state index in [1.807, 2.05) is 20.8 Å². The number of oxazole rings is 1. The van der Waals surface area contributed by atoms with Crippen molar-refractivity contribution in [3.05, 3.63) is 17.3 Å². The molecule has 7 nitrogen and oxygen atoms in total. The number of aliphatic imine (C=N–C) groups is 1. The molecule has 2 N–H and O–H groups in total. The van der Waals surface area contributed by atoms with Gasteiger partial charge in [0.15, 0.2) is 5.96 Å². The van der Waals surface area contributed by atoms with E-state index in [1.54, 1.807) is 0 Å². The number of nitrogens with one attached hydrogen (secondary N) is 2. The summed E-state index contributed by atoms with van der Waals surface area (Å²) in [6.07, 6.45) is 3.19. The lowest BCUT2D eigenvalue weighted by Gasteiger charge is -2.21. The quantitative estimate of drug-likeness (QED) is 0.403. The maximum atomic E-state index is 5.78. The van der Waals surface area contributed by atoms with Crippen LogP contribution in [0.4, 0.5) is 0 Å². The van der Waals surface area contributed by atoms with Gasteiger partial charge in [0.1, 0.15) is 12.3 Å². The molecule has 25 heavy (non-hydrogen) atoms. The lowest BCUT2D eigenvalue weighted by Crippen LogP contribution is -2.38. The fourth-order valence-electron chi connectivity index (χ4n) is 2.64. The second-order valence-electron chi connectivity index (χ2n) is 6.36. The summed E-state index contributed by atoms with van der Waals surface area (Å²) in [6.45, 7) is 11.3. The molecular formula is C18H32N4O3. The molecule has 7 heteroatoms. The van der Waals surface area contributed by atoms with Crippen LogP contribution in [0.2, 0.25) is 0 Å². The fraction of sp³-hybridized carbons (Fsp3) is 0.778. The van der Waals surface area contributed by atoms with E-state index in [2.05, 4.69) is 20.6 Å². The molecule has 0 bridgehead atoms. The molecule has 0 atom stereocenters. The van der Waals surface area contributed by atoms with Crippen LogP contribution in [0.1, 0.15) is 43.5 Å². The minimum Gasteiger partial charge on any atom is -0.444 e. The van der Waals surface area contributed by atoms with Crippen molar-refractivity contribution in [2.24, 2.45) is 10.9 Å². The number of aromatic nitrogens is 1. The monoisotopic (exact) mass is 352 g/mol. The topological polar surface area (TPSA) is 80.9 Å². The van der Waals surface area contributed by atoms with Crippen molar-refractivity contribution in [2.75, 3.05) is 39.5 Å². The van der Waals surface area contributed by atoms with Gasteiger partial charge >= 0.3 is 0 Å². The summed E-state index contributed by atoms with van der Waals surface area (Å²) in [6, 6.07) is 0. The largest absolute Gasteiger partial charge is 0.444 e. The number of aryl methyl sites for hydroxylation is 2. The summed E-state index contributed by atoms with van der Waals surface area (Å²) in [4.78, 5) is 8.86. The highest BCUT2D eigenvalue weighted by molar-refractivity contribution is 5.79. The van der Waals surface area contributed by atoms with Crippen LogP contribution in [0.15, 0.2) is 9.41 Å². The van der Waals surface area contributed by atoms with E-state index in [1.165, 1.54) is 0 Å². The van der Waals surface area contributed by atoms with E-state index < -0.39 is 0 Å². The Bertz CT molecular complexity index is 505. The van der Waals surface area contributed by atoms with Crippen molar-refractivity contribution in [3.8, 4) is 0 Å². The molecule has 0 aliphatic carbocycles. The fourth-order valence-corrected chi connectivity index (χ4v) is 2.64. The highest BCUT2D eigenvalue weighted by Gasteiger charge is 2.13. The zero-order valence-electron chi connectivity index (χ0n) is 15.8. The van der Waals surface area contributed by atoms with Gasteiger partial charge in [-0.1, -0.05) is 0 Å². The first-order valence-corrected chi connectivity index (χ1v) is 9.29. The first kappa shape index (κ1) is 19.7. The number of guanidine groups is 1. The third kappa shape index (κ3) is 7.44. The summed E-state index contributed by atoms with van der Waals surface area (Å²) >= 11 is 0. The van der Waals surface area contributed by atoms with Gasteiger partial charge in [0.05, 0.1) is 5.69 Å². The van der Waals surface area contributed by atoms with Gasteiger partial charge in [-0.05, 0) is 46.0 Å².